The molecule has 0 saturated heterocycles. The van der Waals surface area contributed by atoms with Gasteiger partial charge in [0.1, 0.15) is 17.5 Å². The monoisotopic (exact) mass is 464 g/mol. The molecule has 0 radical (unpaired) electrons. The summed E-state index contributed by atoms with van der Waals surface area (Å²) in [4.78, 5) is 23.9. The summed E-state index contributed by atoms with van der Waals surface area (Å²) in [6, 6.07) is 10.8. The van der Waals surface area contributed by atoms with Crippen molar-refractivity contribution in [3.8, 4) is 11.5 Å². The van der Waals surface area contributed by atoms with E-state index in [2.05, 4.69) is 21.2 Å². The molecule has 0 aromatic heterocycles. The molecule has 2 aromatic carbocycles. The van der Waals surface area contributed by atoms with Crippen LogP contribution in [0.15, 0.2) is 46.9 Å². The van der Waals surface area contributed by atoms with Gasteiger partial charge in [0.25, 0.3) is 5.54 Å². The highest BCUT2D eigenvalue weighted by Gasteiger charge is 2.59. The van der Waals surface area contributed by atoms with Gasteiger partial charge in [0.05, 0.1) is 18.7 Å². The molecule has 154 valence electrons. The Balaban J connectivity index is 2.09. The minimum atomic E-state index is -1.71. The molecule has 9 heteroatoms. The maximum absolute atomic E-state index is 12.2. The number of hydrogen-bond donors (Lipinski definition) is 2. The van der Waals surface area contributed by atoms with E-state index in [9.17, 15) is 20.0 Å². The molecule has 8 nitrogen and oxygen atoms in total. The van der Waals surface area contributed by atoms with Gasteiger partial charge in [-0.05, 0) is 31.2 Å². The first-order valence-electron chi connectivity index (χ1n) is 9.08. The third-order valence-electron chi connectivity index (χ3n) is 5.04. The zero-order valence-corrected chi connectivity index (χ0v) is 17.5. The van der Waals surface area contributed by atoms with E-state index in [0.29, 0.717) is 21.5 Å². The van der Waals surface area contributed by atoms with Crippen LogP contribution in [0.2, 0.25) is 0 Å². The minimum absolute atomic E-state index is 0.0511. The first-order valence-corrected chi connectivity index (χ1v) is 9.87. The van der Waals surface area contributed by atoms with Crippen LogP contribution in [0.25, 0.3) is 0 Å². The average molecular weight is 465 g/mol. The summed E-state index contributed by atoms with van der Waals surface area (Å²) in [7, 11) is 0. The quantitative estimate of drug-likeness (QED) is 0.287. The van der Waals surface area contributed by atoms with Crippen LogP contribution in [-0.4, -0.2) is 34.2 Å². The number of benzene rings is 2. The lowest BCUT2D eigenvalue weighted by Gasteiger charge is -2.41. The van der Waals surface area contributed by atoms with Crippen molar-refractivity contribution in [2.24, 2.45) is 0 Å². The fourth-order valence-corrected chi connectivity index (χ4v) is 3.81. The van der Waals surface area contributed by atoms with Crippen molar-refractivity contribution in [1.82, 2.24) is 0 Å². The second-order valence-electron chi connectivity index (χ2n) is 6.88. The van der Waals surface area contributed by atoms with E-state index in [1.807, 2.05) is 0 Å². The van der Waals surface area contributed by atoms with E-state index in [0.717, 1.165) is 0 Å². The van der Waals surface area contributed by atoms with Crippen molar-refractivity contribution in [2.45, 2.75) is 38.0 Å². The third kappa shape index (κ3) is 4.00. The van der Waals surface area contributed by atoms with Crippen LogP contribution in [0.3, 0.4) is 0 Å². The number of hydrogen-bond acceptors (Lipinski definition) is 7. The van der Waals surface area contributed by atoms with Crippen LogP contribution in [0.1, 0.15) is 31.9 Å². The molecule has 3 atom stereocenters. The topological polar surface area (TPSA) is 111 Å². The van der Waals surface area contributed by atoms with E-state index in [1.165, 1.54) is 13.0 Å². The van der Waals surface area contributed by atoms with E-state index in [1.54, 1.807) is 43.3 Å². The van der Waals surface area contributed by atoms with Crippen molar-refractivity contribution < 1.29 is 24.3 Å². The number of aromatic hydroxyl groups is 1. The molecular formula is C20H21BrN2O6. The molecule has 1 heterocycles. The van der Waals surface area contributed by atoms with Crippen molar-refractivity contribution in [3.05, 3.63) is 62.6 Å². The molecule has 0 aliphatic carbocycles. The summed E-state index contributed by atoms with van der Waals surface area (Å²) in [6.07, 6.45) is -1.35. The summed E-state index contributed by atoms with van der Waals surface area (Å²) >= 11 is 3.34. The molecule has 0 bridgehead atoms. The molecule has 1 aliphatic rings. The molecule has 2 N–H and O–H groups in total. The normalized spacial score (nSPS) is 22.9. The Bertz CT molecular complexity index is 937. The lowest BCUT2D eigenvalue weighted by atomic mass is 9.78. The first-order chi connectivity index (χ1) is 13.8. The predicted molar refractivity (Wildman–Crippen MR) is 110 cm³/mol. The van der Waals surface area contributed by atoms with E-state index >= 15 is 0 Å². The van der Waals surface area contributed by atoms with Gasteiger partial charge in [-0.2, -0.15) is 0 Å². The second kappa shape index (κ2) is 8.28. The van der Waals surface area contributed by atoms with E-state index < -0.39 is 28.6 Å². The lowest BCUT2D eigenvalue weighted by Crippen LogP contribution is -2.59. The molecule has 0 unspecified atom stereocenters. The van der Waals surface area contributed by atoms with Gasteiger partial charge in [0, 0.05) is 21.9 Å². The largest absolute Gasteiger partial charge is 0.506 e. The number of phenols is 1. The first kappa shape index (κ1) is 20.9. The molecule has 29 heavy (non-hydrogen) atoms. The number of nitrogens with one attached hydrogen (secondary N) is 1. The van der Waals surface area contributed by atoms with Crippen LogP contribution >= 0.6 is 15.9 Å². The Hall–Kier alpha value is -2.81. The highest BCUT2D eigenvalue weighted by atomic mass is 79.9. The molecular weight excluding hydrogens is 444 g/mol. The van der Waals surface area contributed by atoms with Crippen molar-refractivity contribution in [2.75, 3.05) is 11.9 Å². The van der Waals surface area contributed by atoms with Crippen LogP contribution in [0, 0.1) is 10.1 Å². The predicted octanol–water partition coefficient (Wildman–Crippen LogP) is 4.06. The number of para-hydroxylation sites is 1. The Morgan fingerprint density at radius 3 is 2.79 bits per heavy atom. The van der Waals surface area contributed by atoms with Gasteiger partial charge >= 0.3 is 5.97 Å². The molecule has 3 rings (SSSR count). The number of nitrogens with zero attached hydrogens (tertiary/aromatic N) is 1. The summed E-state index contributed by atoms with van der Waals surface area (Å²) in [5.74, 6) is -0.188. The maximum atomic E-state index is 12.2. The van der Waals surface area contributed by atoms with Gasteiger partial charge in [-0.15, -0.1) is 0 Å². The van der Waals surface area contributed by atoms with Gasteiger partial charge in [-0.3, -0.25) is 14.9 Å². The molecule has 0 fully saturated rings. The van der Waals surface area contributed by atoms with Crippen LogP contribution in [-0.2, 0) is 9.53 Å². The summed E-state index contributed by atoms with van der Waals surface area (Å²) in [6.45, 7) is 3.27. The van der Waals surface area contributed by atoms with Gasteiger partial charge in [-0.25, -0.2) is 0 Å². The summed E-state index contributed by atoms with van der Waals surface area (Å²) < 4.78 is 11.6. The van der Waals surface area contributed by atoms with Crippen molar-refractivity contribution >= 4 is 27.6 Å². The Morgan fingerprint density at radius 1 is 1.38 bits per heavy atom. The number of fused-ring (bicyclic) bond motifs is 1. The Kier molecular flexibility index (Phi) is 5.97. The second-order valence-corrected chi connectivity index (χ2v) is 7.79. The maximum Gasteiger partial charge on any atom is 0.309 e. The number of carbonyl (C=O) groups is 1. The average Bonchev–Trinajstić information content (AvgIpc) is 2.67. The van der Waals surface area contributed by atoms with Crippen molar-refractivity contribution in [3.63, 3.8) is 0 Å². The van der Waals surface area contributed by atoms with Crippen LogP contribution in [0.4, 0.5) is 5.69 Å². The zero-order chi connectivity index (χ0) is 21.2. The Labute approximate surface area is 176 Å². The summed E-state index contributed by atoms with van der Waals surface area (Å²) in [5.41, 5.74) is -0.828. The standard InChI is InChI=1S/C20H21BrN2O6/c1-3-28-18(25)11-17-20(2,23(26)27)19(13-6-4-5-7-16(13)29-17)22-14-10-12(21)8-9-15(14)24/h4-10,17,19,22,24H,3,11H2,1-2H3/t17-,19-,20-/m0/s1. The number of phenolic OH excluding ortho intramolecular Hbond substituents is 1. The highest BCUT2D eigenvalue weighted by molar-refractivity contribution is 9.10. The van der Waals surface area contributed by atoms with Crippen LogP contribution < -0.4 is 10.1 Å². The fraction of sp³-hybridized carbons (Fsp3) is 0.350. The molecule has 0 saturated carbocycles. The van der Waals surface area contributed by atoms with Gasteiger partial charge in [0.2, 0.25) is 0 Å². The number of ether oxygens (including phenoxy) is 2. The molecule has 1 aliphatic heterocycles. The molecule has 2 aromatic rings. The summed E-state index contributed by atoms with van der Waals surface area (Å²) in [5, 5.41) is 25.6. The van der Waals surface area contributed by atoms with Crippen LogP contribution in [0.5, 0.6) is 11.5 Å². The number of anilines is 1. The number of carbonyl (C=O) groups excluding carboxylic acids is 1. The van der Waals surface area contributed by atoms with Crippen molar-refractivity contribution in [1.29, 1.82) is 0 Å². The number of esters is 1. The van der Waals surface area contributed by atoms with Gasteiger partial charge < -0.3 is 19.9 Å². The number of nitro groups is 1. The smallest absolute Gasteiger partial charge is 0.309 e. The van der Waals surface area contributed by atoms with Gasteiger partial charge in [0.15, 0.2) is 6.10 Å². The lowest BCUT2D eigenvalue weighted by molar-refractivity contribution is -0.582. The minimum Gasteiger partial charge on any atom is -0.506 e. The number of halogens is 1. The fourth-order valence-electron chi connectivity index (χ4n) is 3.45. The highest BCUT2D eigenvalue weighted by Crippen LogP contribution is 2.46. The van der Waals surface area contributed by atoms with Gasteiger partial charge in [-0.1, -0.05) is 34.1 Å². The number of rotatable bonds is 6. The SMILES string of the molecule is CCOC(=O)C[C@@H]1Oc2ccccc2[C@H](Nc2cc(Br)ccc2O)[C@@]1(C)[N+](=O)[O-]. The molecule has 0 amide bonds. The van der Waals surface area contributed by atoms with E-state index in [4.69, 9.17) is 9.47 Å². The Morgan fingerprint density at radius 2 is 2.10 bits per heavy atom. The molecule has 0 spiro atoms. The third-order valence-corrected chi connectivity index (χ3v) is 5.54. The van der Waals surface area contributed by atoms with E-state index in [-0.39, 0.29) is 18.8 Å². The zero-order valence-electron chi connectivity index (χ0n) is 15.9.